The molecule has 0 aliphatic heterocycles. The van der Waals surface area contributed by atoms with Crippen LogP contribution in [0.3, 0.4) is 0 Å². The minimum atomic E-state index is -0.412. The van der Waals surface area contributed by atoms with Crippen molar-refractivity contribution in [2.75, 3.05) is 0 Å². The summed E-state index contributed by atoms with van der Waals surface area (Å²) in [6.45, 7) is 12.7. The summed E-state index contributed by atoms with van der Waals surface area (Å²) in [6, 6.07) is 47.4. The number of benzene rings is 7. The largest absolute Gasteiger partial charge is 0.192 e. The van der Waals surface area contributed by atoms with E-state index in [0.717, 1.165) is 111 Å². The fraction of sp³-hybridized carbons (Fsp3) is 0.167. The Morgan fingerprint density at radius 1 is 0.298 bits per heavy atom. The fourth-order valence-electron chi connectivity index (χ4n) is 10.4. The highest BCUT2D eigenvalue weighted by Gasteiger charge is 2.44. The molecule has 3 heteroatoms. The minimum Gasteiger partial charge on any atom is -0.192 e. The first-order valence-corrected chi connectivity index (χ1v) is 19.7. The Morgan fingerprint density at radius 3 is 0.754 bits per heavy atom. The van der Waals surface area contributed by atoms with Gasteiger partial charge in [-0.3, -0.25) is 0 Å². The van der Waals surface area contributed by atoms with Gasteiger partial charge >= 0.3 is 0 Å². The van der Waals surface area contributed by atoms with Crippen LogP contribution in [-0.2, 0) is 0 Å². The summed E-state index contributed by atoms with van der Waals surface area (Å²) in [7, 11) is 0. The van der Waals surface area contributed by atoms with Crippen LogP contribution in [0.4, 0.5) is 0 Å². The van der Waals surface area contributed by atoms with Gasteiger partial charge in [-0.25, -0.2) is 0 Å². The number of aryl methyl sites for hydroxylation is 6. The minimum absolute atomic E-state index is 0.290. The Labute approximate surface area is 334 Å². The predicted octanol–water partition coefficient (Wildman–Crippen LogP) is 12.6. The molecule has 0 spiro atoms. The third-order valence-electron chi connectivity index (χ3n) is 12.8. The predicted molar refractivity (Wildman–Crippen MR) is 227 cm³/mol. The van der Waals surface area contributed by atoms with Gasteiger partial charge in [-0.2, -0.15) is 15.8 Å². The van der Waals surface area contributed by atoms with Crippen LogP contribution in [-0.4, -0.2) is 0 Å². The lowest BCUT2D eigenvalue weighted by Crippen LogP contribution is -2.19. The Hall–Kier alpha value is -6.99. The highest BCUT2D eigenvalue weighted by molar-refractivity contribution is 5.89. The zero-order valence-electron chi connectivity index (χ0n) is 33.0. The third kappa shape index (κ3) is 4.88. The lowest BCUT2D eigenvalue weighted by atomic mass is 9.70. The van der Waals surface area contributed by atoms with Gasteiger partial charge in [0.15, 0.2) is 0 Å². The number of hydrogen-bond acceptors (Lipinski definition) is 3. The maximum Gasteiger partial charge on any atom is 0.101 e. The molecule has 0 saturated carbocycles. The number of hydrogen-bond donors (Lipinski definition) is 0. The lowest BCUT2D eigenvalue weighted by Gasteiger charge is -2.30. The van der Waals surface area contributed by atoms with Crippen LogP contribution in [0.1, 0.15) is 118 Å². The monoisotopic (exact) mass is 729 g/mol. The van der Waals surface area contributed by atoms with Crippen molar-refractivity contribution in [2.45, 2.75) is 59.3 Å². The van der Waals surface area contributed by atoms with Crippen molar-refractivity contribution in [3.8, 4) is 51.6 Å². The number of nitriles is 3. The first-order chi connectivity index (χ1) is 27.6. The first-order valence-electron chi connectivity index (χ1n) is 19.7. The maximum absolute atomic E-state index is 11.9. The van der Waals surface area contributed by atoms with E-state index in [1.165, 1.54) is 0 Å². The van der Waals surface area contributed by atoms with Crippen molar-refractivity contribution in [3.05, 3.63) is 209 Å². The van der Waals surface area contributed by atoms with Gasteiger partial charge in [0.1, 0.15) is 12.1 Å². The lowest BCUT2D eigenvalue weighted by molar-refractivity contribution is 0.892. The molecule has 3 aliphatic rings. The molecule has 7 aromatic rings. The van der Waals surface area contributed by atoms with Crippen LogP contribution in [0.2, 0.25) is 0 Å². The molecule has 0 aromatic heterocycles. The smallest absolute Gasteiger partial charge is 0.101 e. The SMILES string of the molecule is Cc1ccc2c(c1)-c1cc(C)ccc1C2c1c(C#N)c(C#N)c(C2c3ccc(C)cc3-c3cc(C)ccc32)c(C2c3ccc(C)cc3-c3cc(C)ccc32)c1C#N. The van der Waals surface area contributed by atoms with Gasteiger partial charge in [0.2, 0.25) is 0 Å². The van der Waals surface area contributed by atoms with Crippen LogP contribution in [0.5, 0.6) is 0 Å². The molecule has 57 heavy (non-hydrogen) atoms. The van der Waals surface area contributed by atoms with Crippen LogP contribution >= 0.6 is 0 Å². The van der Waals surface area contributed by atoms with Gasteiger partial charge in [-0.1, -0.05) is 143 Å². The van der Waals surface area contributed by atoms with Gasteiger partial charge in [-0.15, -0.1) is 0 Å². The molecule has 0 bridgehead atoms. The van der Waals surface area contributed by atoms with Gasteiger partial charge in [0.25, 0.3) is 0 Å². The summed E-state index contributed by atoms with van der Waals surface area (Å²) in [6.07, 6.45) is 0. The highest BCUT2D eigenvalue weighted by atomic mass is 14.5. The molecule has 0 amide bonds. The summed E-state index contributed by atoms with van der Waals surface area (Å²) in [5, 5.41) is 34.9. The van der Waals surface area contributed by atoms with E-state index < -0.39 is 5.92 Å². The van der Waals surface area contributed by atoms with Gasteiger partial charge in [-0.05, 0) is 119 Å². The van der Waals surface area contributed by atoms with E-state index in [4.69, 9.17) is 0 Å². The van der Waals surface area contributed by atoms with Crippen molar-refractivity contribution < 1.29 is 0 Å². The topological polar surface area (TPSA) is 71.4 Å². The summed E-state index contributed by atoms with van der Waals surface area (Å²) in [5.74, 6) is -1.13. The quantitative estimate of drug-likeness (QED) is 0.182. The summed E-state index contributed by atoms with van der Waals surface area (Å²) < 4.78 is 0. The van der Waals surface area contributed by atoms with Crippen LogP contribution in [0.25, 0.3) is 33.4 Å². The van der Waals surface area contributed by atoms with E-state index in [0.29, 0.717) is 22.3 Å². The third-order valence-corrected chi connectivity index (χ3v) is 12.8. The average molecular weight is 730 g/mol. The standard InChI is InChI=1S/C54H39N3/c1-28-7-13-34-40(19-28)41-20-29(2)8-14-35(41)49(34)52-46(25-55)47(26-56)53(50-36-15-9-30(3)21-42(36)43-22-31(4)10-16-37(43)50)54(48(52)27-57)51-38-17-11-32(5)23-44(38)45-24-33(6)12-18-39(45)51/h7-24,49-51H,1-6H3. The van der Waals surface area contributed by atoms with E-state index in [-0.39, 0.29) is 11.8 Å². The number of fused-ring (bicyclic) bond motifs is 9. The van der Waals surface area contributed by atoms with Crippen molar-refractivity contribution in [3.63, 3.8) is 0 Å². The molecule has 3 aliphatic carbocycles. The normalized spacial score (nSPS) is 13.5. The summed E-state index contributed by atoms with van der Waals surface area (Å²) >= 11 is 0. The Bertz CT molecular complexity index is 2930. The molecule has 0 heterocycles. The number of nitrogens with zero attached hydrogens (tertiary/aromatic N) is 3. The molecular weight excluding hydrogens is 691 g/mol. The zero-order chi connectivity index (χ0) is 39.4. The van der Waals surface area contributed by atoms with Crippen molar-refractivity contribution >= 4 is 0 Å². The Kier molecular flexibility index (Phi) is 7.57. The van der Waals surface area contributed by atoms with E-state index in [9.17, 15) is 15.8 Å². The molecule has 10 rings (SSSR count). The van der Waals surface area contributed by atoms with Crippen LogP contribution < -0.4 is 0 Å². The van der Waals surface area contributed by atoms with Crippen LogP contribution in [0.15, 0.2) is 109 Å². The van der Waals surface area contributed by atoms with E-state index in [1.54, 1.807) is 0 Å². The molecule has 3 nitrogen and oxygen atoms in total. The molecule has 0 radical (unpaired) electrons. The number of rotatable bonds is 3. The van der Waals surface area contributed by atoms with Crippen LogP contribution in [0, 0.1) is 75.5 Å². The fourth-order valence-corrected chi connectivity index (χ4v) is 10.4. The first kappa shape index (κ1) is 34.5. The molecule has 0 N–H and O–H groups in total. The van der Waals surface area contributed by atoms with Crippen molar-refractivity contribution in [1.29, 1.82) is 15.8 Å². The zero-order valence-corrected chi connectivity index (χ0v) is 33.0. The molecule has 0 saturated heterocycles. The molecular formula is C54H39N3. The Morgan fingerprint density at radius 2 is 0.509 bits per heavy atom. The highest BCUT2D eigenvalue weighted by Crippen LogP contribution is 2.59. The second-order valence-electron chi connectivity index (χ2n) is 16.5. The second kappa shape index (κ2) is 12.5. The van der Waals surface area contributed by atoms with E-state index in [2.05, 4.69) is 169 Å². The summed E-state index contributed by atoms with van der Waals surface area (Å²) in [5.41, 5.74) is 23.6. The molecule has 7 aromatic carbocycles. The molecule has 270 valence electrons. The maximum atomic E-state index is 11.9. The van der Waals surface area contributed by atoms with Gasteiger partial charge in [0.05, 0.1) is 22.8 Å². The van der Waals surface area contributed by atoms with Crippen molar-refractivity contribution in [1.82, 2.24) is 0 Å². The Balaban J connectivity index is 1.40. The average Bonchev–Trinajstić information content (AvgIpc) is 3.80. The molecule has 0 fully saturated rings. The van der Waals surface area contributed by atoms with Crippen molar-refractivity contribution in [2.24, 2.45) is 0 Å². The second-order valence-corrected chi connectivity index (χ2v) is 16.5. The van der Waals surface area contributed by atoms with E-state index >= 15 is 0 Å². The molecule has 0 atom stereocenters. The van der Waals surface area contributed by atoms with Gasteiger partial charge in [0, 0.05) is 23.3 Å². The van der Waals surface area contributed by atoms with E-state index in [1.807, 2.05) is 0 Å². The van der Waals surface area contributed by atoms with Gasteiger partial charge < -0.3 is 0 Å². The molecule has 0 unspecified atom stereocenters. The summed E-state index contributed by atoms with van der Waals surface area (Å²) in [4.78, 5) is 0.